The van der Waals surface area contributed by atoms with E-state index in [1.165, 1.54) is 5.56 Å². The van der Waals surface area contributed by atoms with Crippen LogP contribution in [0.25, 0.3) is 0 Å². The number of nitrogens with zero attached hydrogens (tertiary/aromatic N) is 4. The van der Waals surface area contributed by atoms with Gasteiger partial charge in [0.25, 0.3) is 0 Å². The second kappa shape index (κ2) is 6.89. The van der Waals surface area contributed by atoms with Crippen molar-refractivity contribution in [3.8, 4) is 0 Å². The van der Waals surface area contributed by atoms with Gasteiger partial charge in [0.2, 0.25) is 0 Å². The third-order valence-electron chi connectivity index (χ3n) is 4.28. The lowest BCUT2D eigenvalue weighted by Gasteiger charge is -2.34. The van der Waals surface area contributed by atoms with Crippen LogP contribution in [0.2, 0.25) is 0 Å². The first-order valence-electron chi connectivity index (χ1n) is 7.74. The number of H-pyrrole nitrogens is 1. The van der Waals surface area contributed by atoms with Crippen molar-refractivity contribution in [1.29, 1.82) is 0 Å². The molecule has 0 amide bonds. The predicted molar refractivity (Wildman–Crippen MR) is 85.1 cm³/mol. The lowest BCUT2D eigenvalue weighted by atomic mass is 10.2. The molecule has 0 aromatic carbocycles. The Morgan fingerprint density at radius 1 is 1.26 bits per heavy atom. The summed E-state index contributed by atoms with van der Waals surface area (Å²) >= 11 is 0. The molecule has 0 atom stereocenters. The van der Waals surface area contributed by atoms with Gasteiger partial charge in [0.05, 0.1) is 11.9 Å². The number of aromatic nitrogens is 3. The molecule has 1 aliphatic heterocycles. The first kappa shape index (κ1) is 15.6. The minimum absolute atomic E-state index is 0.191. The first-order chi connectivity index (χ1) is 11.1. The summed E-state index contributed by atoms with van der Waals surface area (Å²) in [6, 6.07) is 4.05. The SMILES string of the molecule is Cc1cccnc1CN1CCN(Cc2cn[nH]c2C(=O)O)CC1. The van der Waals surface area contributed by atoms with Crippen molar-refractivity contribution in [2.24, 2.45) is 0 Å². The van der Waals surface area contributed by atoms with Gasteiger partial charge in [0, 0.05) is 51.0 Å². The third-order valence-corrected chi connectivity index (χ3v) is 4.28. The van der Waals surface area contributed by atoms with E-state index >= 15 is 0 Å². The molecule has 0 bridgehead atoms. The van der Waals surface area contributed by atoms with Gasteiger partial charge in [-0.3, -0.25) is 19.9 Å². The highest BCUT2D eigenvalue weighted by Gasteiger charge is 2.20. The third kappa shape index (κ3) is 3.75. The number of pyridine rings is 1. The van der Waals surface area contributed by atoms with Crippen LogP contribution in [-0.4, -0.2) is 62.2 Å². The van der Waals surface area contributed by atoms with Crippen molar-refractivity contribution in [3.63, 3.8) is 0 Å². The number of carboxylic acid groups (broad SMARTS) is 1. The standard InChI is InChI=1S/C16H21N5O2/c1-12-3-2-4-17-14(12)11-21-7-5-20(6-8-21)10-13-9-18-19-15(13)16(22)23/h2-4,9H,5-8,10-11H2,1H3,(H,18,19)(H,22,23). The van der Waals surface area contributed by atoms with Crippen molar-refractivity contribution in [2.45, 2.75) is 20.0 Å². The molecule has 0 spiro atoms. The zero-order valence-electron chi connectivity index (χ0n) is 13.2. The molecule has 7 nitrogen and oxygen atoms in total. The fourth-order valence-corrected chi connectivity index (χ4v) is 2.86. The van der Waals surface area contributed by atoms with Gasteiger partial charge in [-0.15, -0.1) is 0 Å². The molecule has 1 saturated heterocycles. The van der Waals surface area contributed by atoms with Crippen LogP contribution >= 0.6 is 0 Å². The Balaban J connectivity index is 1.53. The van der Waals surface area contributed by atoms with Crippen LogP contribution in [0, 0.1) is 6.92 Å². The molecule has 0 radical (unpaired) electrons. The number of hydrogen-bond donors (Lipinski definition) is 2. The molecule has 2 aromatic heterocycles. The summed E-state index contributed by atoms with van der Waals surface area (Å²) in [5, 5.41) is 15.5. The van der Waals surface area contributed by atoms with E-state index in [-0.39, 0.29) is 5.69 Å². The number of rotatable bonds is 5. The zero-order chi connectivity index (χ0) is 16.2. The van der Waals surface area contributed by atoms with Crippen molar-refractivity contribution in [1.82, 2.24) is 25.0 Å². The van der Waals surface area contributed by atoms with E-state index in [1.807, 2.05) is 12.3 Å². The quantitative estimate of drug-likeness (QED) is 0.860. The molecule has 3 rings (SSSR count). The molecule has 7 heteroatoms. The minimum Gasteiger partial charge on any atom is -0.477 e. The Kier molecular flexibility index (Phi) is 4.68. The average Bonchev–Trinajstić information content (AvgIpc) is 3.00. The summed E-state index contributed by atoms with van der Waals surface area (Å²) in [7, 11) is 0. The van der Waals surface area contributed by atoms with E-state index in [9.17, 15) is 4.79 Å². The summed E-state index contributed by atoms with van der Waals surface area (Å²) in [5.74, 6) is -0.957. The highest BCUT2D eigenvalue weighted by molar-refractivity contribution is 5.86. The van der Waals surface area contributed by atoms with E-state index in [1.54, 1.807) is 6.20 Å². The lowest BCUT2D eigenvalue weighted by molar-refractivity contribution is 0.0686. The summed E-state index contributed by atoms with van der Waals surface area (Å²) in [4.78, 5) is 20.2. The van der Waals surface area contributed by atoms with Crippen molar-refractivity contribution >= 4 is 5.97 Å². The topological polar surface area (TPSA) is 85.4 Å². The molecule has 2 N–H and O–H groups in total. The van der Waals surface area contributed by atoms with Crippen LogP contribution in [0.3, 0.4) is 0 Å². The van der Waals surface area contributed by atoms with Crippen molar-refractivity contribution in [2.75, 3.05) is 26.2 Å². The number of aromatic amines is 1. The molecular weight excluding hydrogens is 294 g/mol. The van der Waals surface area contributed by atoms with Gasteiger partial charge >= 0.3 is 5.97 Å². The van der Waals surface area contributed by atoms with Crippen LogP contribution in [0.1, 0.15) is 27.3 Å². The first-order valence-corrected chi connectivity index (χ1v) is 7.74. The smallest absolute Gasteiger partial charge is 0.354 e. The van der Waals surface area contributed by atoms with Crippen LogP contribution in [0.4, 0.5) is 0 Å². The van der Waals surface area contributed by atoms with E-state index in [2.05, 4.69) is 38.0 Å². The molecule has 1 aliphatic rings. The van der Waals surface area contributed by atoms with Gasteiger partial charge in [0.15, 0.2) is 0 Å². The number of carbonyl (C=O) groups is 1. The fraction of sp³-hybridized carbons (Fsp3) is 0.438. The average molecular weight is 315 g/mol. The van der Waals surface area contributed by atoms with Crippen molar-refractivity contribution < 1.29 is 9.90 Å². The van der Waals surface area contributed by atoms with Crippen LogP contribution in [0.5, 0.6) is 0 Å². The largest absolute Gasteiger partial charge is 0.477 e. The van der Waals surface area contributed by atoms with Crippen molar-refractivity contribution in [3.05, 3.63) is 47.0 Å². The Morgan fingerprint density at radius 2 is 1.96 bits per heavy atom. The molecule has 122 valence electrons. The number of piperazine rings is 1. The van der Waals surface area contributed by atoms with E-state index in [0.29, 0.717) is 6.54 Å². The molecule has 1 fully saturated rings. The Bertz CT molecular complexity index is 677. The number of aryl methyl sites for hydroxylation is 1. The maximum Gasteiger partial charge on any atom is 0.354 e. The fourth-order valence-electron chi connectivity index (χ4n) is 2.86. The van der Waals surface area contributed by atoms with Crippen LogP contribution < -0.4 is 0 Å². The molecule has 2 aromatic rings. The van der Waals surface area contributed by atoms with Gasteiger partial charge in [-0.25, -0.2) is 4.79 Å². The number of hydrogen-bond acceptors (Lipinski definition) is 5. The molecule has 0 unspecified atom stereocenters. The van der Waals surface area contributed by atoms with E-state index in [0.717, 1.165) is 44.0 Å². The molecule has 0 saturated carbocycles. The second-order valence-corrected chi connectivity index (χ2v) is 5.89. The molecular formula is C16H21N5O2. The van der Waals surface area contributed by atoms with Crippen LogP contribution in [0.15, 0.2) is 24.5 Å². The highest BCUT2D eigenvalue weighted by Crippen LogP contribution is 2.13. The second-order valence-electron chi connectivity index (χ2n) is 5.89. The summed E-state index contributed by atoms with van der Waals surface area (Å²) in [6.45, 7) is 7.31. The number of nitrogens with one attached hydrogen (secondary N) is 1. The van der Waals surface area contributed by atoms with E-state index in [4.69, 9.17) is 5.11 Å². The lowest BCUT2D eigenvalue weighted by Crippen LogP contribution is -2.45. The van der Waals surface area contributed by atoms with Gasteiger partial charge in [-0.1, -0.05) is 6.07 Å². The maximum atomic E-state index is 11.1. The summed E-state index contributed by atoms with van der Waals surface area (Å²) in [5.41, 5.74) is 3.28. The zero-order valence-corrected chi connectivity index (χ0v) is 13.2. The van der Waals surface area contributed by atoms with Gasteiger partial charge in [-0.05, 0) is 18.6 Å². The Morgan fingerprint density at radius 3 is 2.61 bits per heavy atom. The van der Waals surface area contributed by atoms with Gasteiger partial charge in [-0.2, -0.15) is 5.10 Å². The molecule has 3 heterocycles. The molecule has 23 heavy (non-hydrogen) atoms. The van der Waals surface area contributed by atoms with E-state index < -0.39 is 5.97 Å². The van der Waals surface area contributed by atoms with Gasteiger partial charge in [0.1, 0.15) is 5.69 Å². The molecule has 0 aliphatic carbocycles. The summed E-state index contributed by atoms with van der Waals surface area (Å²) < 4.78 is 0. The predicted octanol–water partition coefficient (Wildman–Crippen LogP) is 1.13. The highest BCUT2D eigenvalue weighted by atomic mass is 16.4. The number of aromatic carboxylic acids is 1. The van der Waals surface area contributed by atoms with Crippen LogP contribution in [-0.2, 0) is 13.1 Å². The van der Waals surface area contributed by atoms with Gasteiger partial charge < -0.3 is 5.11 Å². The maximum absolute atomic E-state index is 11.1. The normalized spacial score (nSPS) is 16.6. The minimum atomic E-state index is -0.957. The summed E-state index contributed by atoms with van der Waals surface area (Å²) in [6.07, 6.45) is 3.44. The Labute approximate surface area is 134 Å². The number of carboxylic acids is 1. The Hall–Kier alpha value is -2.25. The monoisotopic (exact) mass is 315 g/mol.